The maximum Gasteiger partial charge on any atom is 0.252 e. The van der Waals surface area contributed by atoms with Gasteiger partial charge >= 0.3 is 0 Å². The van der Waals surface area contributed by atoms with E-state index in [0.29, 0.717) is 0 Å². The topological polar surface area (TPSA) is 11.4 Å². The normalized spacial score (nSPS) is 15.0. The zero-order valence-electron chi connectivity index (χ0n) is 59.2. The van der Waals surface area contributed by atoms with Gasteiger partial charge in [0, 0.05) is 50.3 Å². The molecule has 6 aliphatic carbocycles. The molecule has 3 nitrogen and oxygen atoms in total. The molecule has 18 aromatic rings. The van der Waals surface area contributed by atoms with Gasteiger partial charge in [-0.3, -0.25) is 0 Å². The van der Waals surface area contributed by atoms with Gasteiger partial charge in [-0.05, 0) is 198 Å². The first-order valence-corrected chi connectivity index (χ1v) is 38.4. The van der Waals surface area contributed by atoms with Gasteiger partial charge in [-0.15, -0.1) is 0 Å². The fourth-order valence-electron chi connectivity index (χ4n) is 22.9. The van der Waals surface area contributed by atoms with Crippen molar-refractivity contribution in [3.05, 3.63) is 443 Å². The molecule has 4 heteroatoms. The molecule has 500 valence electrons. The molecule has 109 heavy (non-hydrogen) atoms. The second-order valence-electron chi connectivity index (χ2n) is 31.0. The van der Waals surface area contributed by atoms with Gasteiger partial charge in [0.2, 0.25) is 0 Å². The van der Waals surface area contributed by atoms with Crippen molar-refractivity contribution >= 4 is 79.0 Å². The van der Waals surface area contributed by atoms with Crippen LogP contribution in [0.4, 0.5) is 34.1 Å². The number of nitrogens with zero attached hydrogens (tertiary/aromatic N) is 3. The minimum Gasteiger partial charge on any atom is -0.311 e. The molecule has 17 aromatic carbocycles. The van der Waals surface area contributed by atoms with Crippen LogP contribution in [-0.2, 0) is 16.2 Å². The van der Waals surface area contributed by atoms with E-state index in [1.165, 1.54) is 183 Å². The Morgan fingerprint density at radius 1 is 0.220 bits per heavy atom. The van der Waals surface area contributed by atoms with Crippen LogP contribution in [0.5, 0.6) is 0 Å². The molecule has 3 heterocycles. The minimum atomic E-state index is -0.723. The van der Waals surface area contributed by atoms with E-state index >= 15 is 0 Å². The van der Waals surface area contributed by atoms with Crippen molar-refractivity contribution in [3.63, 3.8) is 0 Å². The Labute approximate surface area is 631 Å². The molecule has 0 amide bonds. The maximum absolute atomic E-state index is 2.87. The summed E-state index contributed by atoms with van der Waals surface area (Å²) >= 11 is 0. The lowest BCUT2D eigenvalue weighted by Crippen LogP contribution is -2.63. The highest BCUT2D eigenvalue weighted by Crippen LogP contribution is 2.70. The fourth-order valence-corrected chi connectivity index (χ4v) is 22.9. The van der Waals surface area contributed by atoms with Crippen molar-refractivity contribution in [1.29, 1.82) is 0 Å². The molecule has 3 spiro atoms. The van der Waals surface area contributed by atoms with Crippen LogP contribution in [0.3, 0.4) is 0 Å². The van der Waals surface area contributed by atoms with Gasteiger partial charge < -0.3 is 14.4 Å². The molecular formula is C105H62BN3. The third kappa shape index (κ3) is 6.88. The minimum absolute atomic E-state index is 0.340. The average molecular weight is 1380 g/mol. The van der Waals surface area contributed by atoms with Gasteiger partial charge in [0.05, 0.1) is 38.7 Å². The predicted molar refractivity (Wildman–Crippen MR) is 449 cm³/mol. The Balaban J connectivity index is 0.884. The second-order valence-corrected chi connectivity index (χ2v) is 31.0. The summed E-state index contributed by atoms with van der Waals surface area (Å²) in [7, 11) is 0. The SMILES string of the molecule is c1ccc(-c2ccc(N3c4cc(-n5c6ccccc6c6ccccc65)cc5c4B(c4ccc6c(c4N5c4cccc5c4C4(c7ccccc7-c7ccccc74)c4ccccc4-5)-c4ccccc4C64c5ccccc5-c5ccccc54)c4c3ccc3c4C4(c5ccccc5-c5ccccc54)c4ccccc4-3)cc2)cc1. The highest BCUT2D eigenvalue weighted by molar-refractivity contribution is 7.01. The standard InChI is InChI=1S/C105H62BN3/c1-2-27-63(28-3-1)64-53-55-65(56-54-64)107-94-60-57-78-74-36-11-22-48-87(74)105(84-45-19-8-33-71(84)72-34-9-20-46-85(72)105)99(78)101(94)106-90-59-58-89-97(79-39-12-23-49-88(79)103(89)80-41-15-4-29-67(80)68-30-5-16-42-81(68)103)102(90)109(96-62-66(61-95(107)100(96)106)108-91-50-24-13-37-75(91)76-38-14-25-51-92(76)108)93-52-26-40-77-73-35-10-21-47-86(73)104(98(77)93)82-43-17-6-31-69(82)70-32-7-18-44-83(70)104/h1-62H. The summed E-state index contributed by atoms with van der Waals surface area (Å²) in [5.41, 5.74) is 45.6. The van der Waals surface area contributed by atoms with Crippen LogP contribution in [0.2, 0.25) is 0 Å². The lowest BCUT2D eigenvalue weighted by atomic mass is 9.31. The highest BCUT2D eigenvalue weighted by Gasteiger charge is 2.60. The first-order chi connectivity index (χ1) is 54.1. The molecule has 8 aliphatic rings. The van der Waals surface area contributed by atoms with E-state index in [4.69, 9.17) is 0 Å². The zero-order chi connectivity index (χ0) is 70.7. The molecule has 0 unspecified atom stereocenters. The molecule has 0 radical (unpaired) electrons. The van der Waals surface area contributed by atoms with Gasteiger partial charge in [0.15, 0.2) is 0 Å². The van der Waals surface area contributed by atoms with Crippen LogP contribution in [0.1, 0.15) is 66.8 Å². The number of hydrogen-bond donors (Lipinski definition) is 0. The van der Waals surface area contributed by atoms with E-state index in [1.54, 1.807) is 0 Å². The van der Waals surface area contributed by atoms with E-state index in [-0.39, 0.29) is 6.71 Å². The summed E-state index contributed by atoms with van der Waals surface area (Å²) in [4.78, 5) is 5.57. The lowest BCUT2D eigenvalue weighted by molar-refractivity contribution is 0.791. The molecule has 0 saturated carbocycles. The smallest absolute Gasteiger partial charge is 0.252 e. The third-order valence-electron chi connectivity index (χ3n) is 26.6. The third-order valence-corrected chi connectivity index (χ3v) is 26.6. The van der Waals surface area contributed by atoms with E-state index < -0.39 is 16.2 Å². The number of hydrogen-bond acceptors (Lipinski definition) is 2. The first-order valence-electron chi connectivity index (χ1n) is 38.4. The number of aromatic nitrogens is 1. The van der Waals surface area contributed by atoms with Gasteiger partial charge in [-0.2, -0.15) is 0 Å². The quantitative estimate of drug-likeness (QED) is 0.163. The molecule has 0 fully saturated rings. The second kappa shape index (κ2) is 20.8. The van der Waals surface area contributed by atoms with Gasteiger partial charge in [-0.25, -0.2) is 0 Å². The van der Waals surface area contributed by atoms with Gasteiger partial charge in [0.25, 0.3) is 6.71 Å². The van der Waals surface area contributed by atoms with Crippen molar-refractivity contribution in [2.24, 2.45) is 0 Å². The van der Waals surface area contributed by atoms with Crippen molar-refractivity contribution in [2.75, 3.05) is 9.80 Å². The van der Waals surface area contributed by atoms with Crippen LogP contribution in [0, 0.1) is 0 Å². The first kappa shape index (κ1) is 58.5. The number of rotatable bonds is 4. The highest BCUT2D eigenvalue weighted by atomic mass is 15.2. The molecule has 26 rings (SSSR count). The number of anilines is 6. The van der Waals surface area contributed by atoms with Gasteiger partial charge in [0.1, 0.15) is 0 Å². The van der Waals surface area contributed by atoms with E-state index in [0.717, 1.165) is 39.5 Å². The molecule has 0 saturated heterocycles. The maximum atomic E-state index is 2.87. The largest absolute Gasteiger partial charge is 0.311 e. The van der Waals surface area contributed by atoms with Crippen molar-refractivity contribution < 1.29 is 0 Å². The average Bonchev–Trinajstić information content (AvgIpc) is 1.55. The summed E-state index contributed by atoms with van der Waals surface area (Å²) in [6.07, 6.45) is 0. The van der Waals surface area contributed by atoms with Crippen molar-refractivity contribution in [3.8, 4) is 83.6 Å². The summed E-state index contributed by atoms with van der Waals surface area (Å²) in [6, 6.07) is 146. The summed E-state index contributed by atoms with van der Waals surface area (Å²) in [5.74, 6) is 0. The Kier molecular flexibility index (Phi) is 11.2. The van der Waals surface area contributed by atoms with Crippen molar-refractivity contribution in [1.82, 2.24) is 4.57 Å². The van der Waals surface area contributed by atoms with Crippen LogP contribution >= 0.6 is 0 Å². The monoisotopic (exact) mass is 1380 g/mol. The van der Waals surface area contributed by atoms with Crippen LogP contribution in [-0.4, -0.2) is 11.3 Å². The Morgan fingerprint density at radius 3 is 1.11 bits per heavy atom. The van der Waals surface area contributed by atoms with Crippen LogP contribution in [0.25, 0.3) is 105 Å². The molecule has 2 aliphatic heterocycles. The van der Waals surface area contributed by atoms with Crippen LogP contribution < -0.4 is 26.2 Å². The zero-order valence-corrected chi connectivity index (χ0v) is 59.2. The van der Waals surface area contributed by atoms with E-state index in [1.807, 2.05) is 0 Å². The van der Waals surface area contributed by atoms with E-state index in [2.05, 4.69) is 390 Å². The summed E-state index contributed by atoms with van der Waals surface area (Å²) < 4.78 is 2.58. The number of para-hydroxylation sites is 2. The predicted octanol–water partition coefficient (Wildman–Crippen LogP) is 23.6. The Hall–Kier alpha value is -13.8. The summed E-state index contributed by atoms with van der Waals surface area (Å²) in [5, 5.41) is 2.44. The van der Waals surface area contributed by atoms with Crippen molar-refractivity contribution in [2.45, 2.75) is 16.2 Å². The number of benzene rings is 17. The summed E-state index contributed by atoms with van der Waals surface area (Å²) in [6.45, 7) is -0.340. The Bertz CT molecular complexity index is 6930. The molecule has 0 bridgehead atoms. The molecule has 0 N–H and O–H groups in total. The molecule has 0 atom stereocenters. The number of fused-ring (bicyclic) bond motifs is 39. The fraction of sp³-hybridized carbons (Fsp3) is 0.0286. The molecule has 1 aromatic heterocycles. The van der Waals surface area contributed by atoms with Crippen LogP contribution in [0.15, 0.2) is 376 Å². The lowest BCUT2D eigenvalue weighted by Gasteiger charge is -2.48. The molecular weight excluding hydrogens is 1310 g/mol. The Morgan fingerprint density at radius 2 is 0.606 bits per heavy atom. The van der Waals surface area contributed by atoms with E-state index in [9.17, 15) is 0 Å². The van der Waals surface area contributed by atoms with Gasteiger partial charge in [-0.1, -0.05) is 328 Å².